The Bertz CT molecular complexity index is 679. The fourth-order valence-corrected chi connectivity index (χ4v) is 6.09. The first-order chi connectivity index (χ1) is 11.2. The molecule has 1 nitrogen and oxygen atoms in total. The lowest BCUT2D eigenvalue weighted by Crippen LogP contribution is -2.39. The van der Waals surface area contributed by atoms with E-state index in [-0.39, 0.29) is 5.41 Å². The van der Waals surface area contributed by atoms with E-state index in [0.29, 0.717) is 18.1 Å². The molecule has 3 unspecified atom stereocenters. The van der Waals surface area contributed by atoms with Crippen LogP contribution in [-0.4, -0.2) is 5.78 Å². The first kappa shape index (κ1) is 14.0. The predicted molar refractivity (Wildman–Crippen MR) is 92.6 cm³/mol. The first-order valence-corrected chi connectivity index (χ1v) is 9.58. The van der Waals surface area contributed by atoms with Gasteiger partial charge in [-0.2, -0.15) is 0 Å². The van der Waals surface area contributed by atoms with Gasteiger partial charge in [-0.15, -0.1) is 0 Å². The third-order valence-corrected chi connectivity index (χ3v) is 7.16. The number of rotatable bonds is 1. The molecule has 120 valence electrons. The van der Waals surface area contributed by atoms with Crippen LogP contribution in [0.2, 0.25) is 0 Å². The topological polar surface area (TPSA) is 17.1 Å². The standard InChI is InChI=1S/C22H26O/c23-20-11-18-8-7-17(16-4-2-1-3-5-16)12-21(18)22(14-20)13-15-6-9-19(22)10-15/h6-9,12,15-16,19H,1-5,10-11,13-14H2. The molecule has 2 fully saturated rings. The molecule has 1 heteroatoms. The van der Waals surface area contributed by atoms with Crippen LogP contribution in [-0.2, 0) is 16.6 Å². The van der Waals surface area contributed by atoms with Crippen LogP contribution >= 0.6 is 0 Å². The lowest BCUT2D eigenvalue weighted by molar-refractivity contribution is -0.120. The Hall–Kier alpha value is -1.37. The van der Waals surface area contributed by atoms with Crippen LogP contribution in [0.5, 0.6) is 0 Å². The minimum Gasteiger partial charge on any atom is -0.299 e. The third-order valence-electron chi connectivity index (χ3n) is 7.16. The molecule has 0 saturated heterocycles. The van der Waals surface area contributed by atoms with Crippen molar-refractivity contribution in [3.8, 4) is 0 Å². The number of fused-ring (bicyclic) bond motifs is 5. The second-order valence-corrected chi connectivity index (χ2v) is 8.49. The van der Waals surface area contributed by atoms with E-state index in [1.54, 1.807) is 11.1 Å². The molecule has 2 bridgehead atoms. The van der Waals surface area contributed by atoms with Crippen molar-refractivity contribution in [2.24, 2.45) is 11.8 Å². The van der Waals surface area contributed by atoms with Crippen molar-refractivity contribution in [2.75, 3.05) is 0 Å². The van der Waals surface area contributed by atoms with Crippen LogP contribution in [0.25, 0.3) is 0 Å². The monoisotopic (exact) mass is 306 g/mol. The molecule has 1 spiro atoms. The smallest absolute Gasteiger partial charge is 0.138 e. The predicted octanol–water partition coefficient (Wildman–Crippen LogP) is 5.08. The van der Waals surface area contributed by atoms with Gasteiger partial charge in [0, 0.05) is 18.3 Å². The zero-order chi connectivity index (χ0) is 15.4. The molecule has 3 atom stereocenters. The number of hydrogen-bond acceptors (Lipinski definition) is 1. The van der Waals surface area contributed by atoms with Gasteiger partial charge in [-0.1, -0.05) is 49.6 Å². The highest BCUT2D eigenvalue weighted by molar-refractivity contribution is 5.85. The maximum absolute atomic E-state index is 12.4. The van der Waals surface area contributed by atoms with Crippen molar-refractivity contribution in [3.63, 3.8) is 0 Å². The van der Waals surface area contributed by atoms with Gasteiger partial charge in [0.1, 0.15) is 5.78 Å². The summed E-state index contributed by atoms with van der Waals surface area (Å²) in [5.41, 5.74) is 4.59. The number of carbonyl (C=O) groups is 1. The van der Waals surface area contributed by atoms with Crippen LogP contribution < -0.4 is 0 Å². The van der Waals surface area contributed by atoms with Gasteiger partial charge in [-0.3, -0.25) is 4.79 Å². The van der Waals surface area contributed by atoms with Crippen LogP contribution in [0.15, 0.2) is 30.4 Å². The Morgan fingerprint density at radius 3 is 2.65 bits per heavy atom. The summed E-state index contributed by atoms with van der Waals surface area (Å²) in [7, 11) is 0. The van der Waals surface area contributed by atoms with E-state index < -0.39 is 0 Å². The van der Waals surface area contributed by atoms with E-state index in [1.165, 1.54) is 50.5 Å². The van der Waals surface area contributed by atoms with Crippen molar-refractivity contribution in [1.29, 1.82) is 0 Å². The first-order valence-electron chi connectivity index (χ1n) is 9.58. The van der Waals surface area contributed by atoms with Gasteiger partial charge in [0.15, 0.2) is 0 Å². The average Bonchev–Trinajstić information content (AvgIpc) is 3.16. The largest absolute Gasteiger partial charge is 0.299 e. The normalized spacial score (nSPS) is 35.9. The van der Waals surface area contributed by atoms with Crippen molar-refractivity contribution < 1.29 is 4.79 Å². The Morgan fingerprint density at radius 2 is 1.91 bits per heavy atom. The molecule has 0 radical (unpaired) electrons. The highest BCUT2D eigenvalue weighted by Crippen LogP contribution is 2.58. The molecule has 0 aliphatic heterocycles. The highest BCUT2D eigenvalue weighted by atomic mass is 16.1. The second-order valence-electron chi connectivity index (χ2n) is 8.49. The molecule has 0 N–H and O–H groups in total. The number of carbonyl (C=O) groups excluding carboxylic acids is 1. The van der Waals surface area contributed by atoms with Crippen LogP contribution in [0, 0.1) is 11.8 Å². The molecular formula is C22H26O. The minimum absolute atomic E-state index is 0.148. The highest BCUT2D eigenvalue weighted by Gasteiger charge is 2.52. The lowest BCUT2D eigenvalue weighted by Gasteiger charge is -2.41. The number of Topliss-reactive ketones (excluding diaryl/α,β-unsaturated/α-hetero) is 1. The maximum atomic E-state index is 12.4. The van der Waals surface area contributed by atoms with Crippen molar-refractivity contribution in [1.82, 2.24) is 0 Å². The lowest BCUT2D eigenvalue weighted by atomic mass is 9.62. The Morgan fingerprint density at radius 1 is 1.04 bits per heavy atom. The van der Waals surface area contributed by atoms with Gasteiger partial charge in [-0.25, -0.2) is 0 Å². The number of allylic oxidation sites excluding steroid dienone is 2. The van der Waals surface area contributed by atoms with Gasteiger partial charge < -0.3 is 0 Å². The zero-order valence-electron chi connectivity index (χ0n) is 13.9. The molecule has 2 saturated carbocycles. The summed E-state index contributed by atoms with van der Waals surface area (Å²) in [6, 6.07) is 7.17. The van der Waals surface area contributed by atoms with E-state index in [4.69, 9.17) is 0 Å². The fraction of sp³-hybridized carbons (Fsp3) is 0.591. The molecule has 0 heterocycles. The van der Waals surface area contributed by atoms with E-state index >= 15 is 0 Å². The van der Waals surface area contributed by atoms with Gasteiger partial charge in [0.25, 0.3) is 0 Å². The van der Waals surface area contributed by atoms with Gasteiger partial charge in [0.2, 0.25) is 0 Å². The second kappa shape index (κ2) is 5.06. The van der Waals surface area contributed by atoms with Crippen molar-refractivity contribution in [3.05, 3.63) is 47.0 Å². The molecule has 0 aromatic heterocycles. The molecule has 5 rings (SSSR count). The molecule has 23 heavy (non-hydrogen) atoms. The van der Waals surface area contributed by atoms with E-state index in [2.05, 4.69) is 30.4 Å². The third kappa shape index (κ3) is 2.08. The average molecular weight is 306 g/mol. The molecular weight excluding hydrogens is 280 g/mol. The summed E-state index contributed by atoms with van der Waals surface area (Å²) in [6.07, 6.45) is 15.7. The summed E-state index contributed by atoms with van der Waals surface area (Å²) in [6.45, 7) is 0. The zero-order valence-corrected chi connectivity index (χ0v) is 13.9. The summed E-state index contributed by atoms with van der Waals surface area (Å²) in [5, 5.41) is 0. The van der Waals surface area contributed by atoms with Gasteiger partial charge in [-0.05, 0) is 60.1 Å². The van der Waals surface area contributed by atoms with Crippen LogP contribution in [0.3, 0.4) is 0 Å². The van der Waals surface area contributed by atoms with Gasteiger partial charge in [0.05, 0.1) is 0 Å². The van der Waals surface area contributed by atoms with Crippen LogP contribution in [0.4, 0.5) is 0 Å². The quantitative estimate of drug-likeness (QED) is 0.661. The fourth-order valence-electron chi connectivity index (χ4n) is 6.09. The SMILES string of the molecule is O=C1Cc2ccc(C3CCCCC3)cc2C2(C1)CC1C=CC2C1. The van der Waals surface area contributed by atoms with Gasteiger partial charge >= 0.3 is 0 Å². The van der Waals surface area contributed by atoms with Crippen LogP contribution in [0.1, 0.15) is 74.0 Å². The molecule has 1 aromatic rings. The van der Waals surface area contributed by atoms with E-state index in [0.717, 1.165) is 18.3 Å². The summed E-state index contributed by atoms with van der Waals surface area (Å²) < 4.78 is 0. The summed E-state index contributed by atoms with van der Waals surface area (Å²) in [5.74, 6) is 2.55. The van der Waals surface area contributed by atoms with E-state index in [1.807, 2.05) is 0 Å². The Kier molecular flexibility index (Phi) is 3.08. The maximum Gasteiger partial charge on any atom is 0.138 e. The summed E-state index contributed by atoms with van der Waals surface area (Å²) in [4.78, 5) is 12.4. The van der Waals surface area contributed by atoms with Crippen molar-refractivity contribution in [2.45, 2.75) is 69.1 Å². The Balaban J connectivity index is 1.59. The van der Waals surface area contributed by atoms with Crippen molar-refractivity contribution >= 4 is 5.78 Å². The minimum atomic E-state index is 0.148. The number of ketones is 1. The summed E-state index contributed by atoms with van der Waals surface area (Å²) >= 11 is 0. The number of hydrogen-bond donors (Lipinski definition) is 0. The molecule has 1 aromatic carbocycles. The molecule has 0 amide bonds. The Labute approximate surface area is 139 Å². The molecule has 4 aliphatic carbocycles. The number of benzene rings is 1. The molecule has 4 aliphatic rings. The van der Waals surface area contributed by atoms with E-state index in [9.17, 15) is 4.79 Å².